The van der Waals surface area contributed by atoms with Crippen molar-refractivity contribution < 1.29 is 28.5 Å². The van der Waals surface area contributed by atoms with Gasteiger partial charge in [0.25, 0.3) is 0 Å². The molecule has 1 aliphatic rings. The number of esters is 1. The molecule has 0 radical (unpaired) electrons. The van der Waals surface area contributed by atoms with E-state index < -0.39 is 30.5 Å². The predicted molar refractivity (Wildman–Crippen MR) is 72.3 cm³/mol. The van der Waals surface area contributed by atoms with Crippen LogP contribution in [0.1, 0.15) is 12.5 Å². The molecule has 1 aromatic rings. The number of hydrogen-bond donors (Lipinski definition) is 1. The van der Waals surface area contributed by atoms with E-state index in [1.54, 1.807) is 6.92 Å². The second kappa shape index (κ2) is 7.49. The molecular weight excluding hydrogens is 279 g/mol. The molecule has 5 nitrogen and oxygen atoms in total. The number of aliphatic hydroxyl groups excluding tert-OH is 1. The molecule has 0 saturated carbocycles. The molecule has 1 heterocycles. The summed E-state index contributed by atoms with van der Waals surface area (Å²) in [6.45, 7) is 2.30. The van der Waals surface area contributed by atoms with E-state index in [4.69, 9.17) is 9.47 Å². The van der Waals surface area contributed by atoms with E-state index in [1.165, 1.54) is 0 Å². The van der Waals surface area contributed by atoms with Gasteiger partial charge in [-0.3, -0.25) is 0 Å². The van der Waals surface area contributed by atoms with Crippen LogP contribution < -0.4 is 0 Å². The van der Waals surface area contributed by atoms with Crippen LogP contribution in [0.2, 0.25) is 0 Å². The molecule has 0 unspecified atom stereocenters. The highest BCUT2D eigenvalue weighted by Gasteiger charge is 2.49. The monoisotopic (exact) mass is 298 g/mol. The fourth-order valence-electron chi connectivity index (χ4n) is 1.99. The molecule has 0 aromatic heterocycles. The molecule has 0 aliphatic carbocycles. The van der Waals surface area contributed by atoms with E-state index in [0.29, 0.717) is 6.61 Å². The number of ether oxygens (including phenoxy) is 3. The fraction of sp³-hybridized carbons (Fsp3) is 0.533. The van der Waals surface area contributed by atoms with Crippen molar-refractivity contribution >= 4 is 5.97 Å². The molecular formula is C15H19FO5. The summed E-state index contributed by atoms with van der Waals surface area (Å²) in [5, 5.41) is 9.68. The summed E-state index contributed by atoms with van der Waals surface area (Å²) in [6.07, 6.45) is -4.72. The summed E-state index contributed by atoms with van der Waals surface area (Å²) < 4.78 is 28.7. The van der Waals surface area contributed by atoms with Gasteiger partial charge in [-0.2, -0.15) is 0 Å². The number of carbonyl (C=O) groups excluding carboxylic acids is 1. The van der Waals surface area contributed by atoms with E-state index in [2.05, 4.69) is 4.74 Å². The Morgan fingerprint density at radius 1 is 1.43 bits per heavy atom. The van der Waals surface area contributed by atoms with Crippen LogP contribution in [0.25, 0.3) is 0 Å². The lowest BCUT2D eigenvalue weighted by atomic mass is 10.1. The van der Waals surface area contributed by atoms with Gasteiger partial charge in [0.2, 0.25) is 6.17 Å². The lowest BCUT2D eigenvalue weighted by Crippen LogP contribution is -2.36. The maximum absolute atomic E-state index is 13.6. The van der Waals surface area contributed by atoms with Crippen molar-refractivity contribution in [1.29, 1.82) is 0 Å². The Kier molecular flexibility index (Phi) is 5.67. The van der Waals surface area contributed by atoms with Gasteiger partial charge in [0.15, 0.2) is 0 Å². The summed E-state index contributed by atoms with van der Waals surface area (Å²) >= 11 is 0. The SMILES string of the molecule is CCOC(=O)[C@@H](F)[C@@H](O)[C@@H]1O[C@@H]1COCc1ccccc1. The Labute approximate surface area is 122 Å². The van der Waals surface area contributed by atoms with Gasteiger partial charge in [-0.1, -0.05) is 30.3 Å². The molecule has 4 atom stereocenters. The van der Waals surface area contributed by atoms with Gasteiger partial charge < -0.3 is 19.3 Å². The third kappa shape index (κ3) is 4.49. The molecule has 2 rings (SSSR count). The van der Waals surface area contributed by atoms with Crippen molar-refractivity contribution in [3.63, 3.8) is 0 Å². The van der Waals surface area contributed by atoms with Gasteiger partial charge in [-0.15, -0.1) is 0 Å². The van der Waals surface area contributed by atoms with Gasteiger partial charge in [0.1, 0.15) is 18.3 Å². The van der Waals surface area contributed by atoms with Crippen molar-refractivity contribution in [2.24, 2.45) is 0 Å². The summed E-state index contributed by atoms with van der Waals surface area (Å²) in [6, 6.07) is 9.59. The Balaban J connectivity index is 1.68. The first kappa shape index (κ1) is 15.9. The highest BCUT2D eigenvalue weighted by atomic mass is 19.1. The maximum Gasteiger partial charge on any atom is 0.343 e. The average molecular weight is 298 g/mol. The molecule has 1 N–H and O–H groups in total. The summed E-state index contributed by atoms with van der Waals surface area (Å²) in [7, 11) is 0. The molecule has 0 bridgehead atoms. The van der Waals surface area contributed by atoms with Gasteiger partial charge in [-0.05, 0) is 12.5 Å². The van der Waals surface area contributed by atoms with Crippen LogP contribution in [-0.2, 0) is 25.6 Å². The first-order valence-electron chi connectivity index (χ1n) is 6.89. The van der Waals surface area contributed by atoms with Gasteiger partial charge >= 0.3 is 5.97 Å². The summed E-state index contributed by atoms with van der Waals surface area (Å²) in [5.41, 5.74) is 1.02. The zero-order valence-electron chi connectivity index (χ0n) is 11.8. The molecule has 0 amide bonds. The van der Waals surface area contributed by atoms with Crippen LogP contribution in [0.15, 0.2) is 30.3 Å². The molecule has 6 heteroatoms. The van der Waals surface area contributed by atoms with E-state index in [0.717, 1.165) is 5.56 Å². The third-order valence-corrected chi connectivity index (χ3v) is 3.16. The summed E-state index contributed by atoms with van der Waals surface area (Å²) in [4.78, 5) is 11.2. The van der Waals surface area contributed by atoms with Crippen molar-refractivity contribution in [2.75, 3.05) is 13.2 Å². The third-order valence-electron chi connectivity index (χ3n) is 3.16. The lowest BCUT2D eigenvalue weighted by molar-refractivity contribution is -0.154. The Bertz CT molecular complexity index is 453. The van der Waals surface area contributed by atoms with Crippen molar-refractivity contribution in [3.8, 4) is 0 Å². The van der Waals surface area contributed by atoms with Crippen molar-refractivity contribution in [1.82, 2.24) is 0 Å². The smallest absolute Gasteiger partial charge is 0.343 e. The zero-order chi connectivity index (χ0) is 15.2. The van der Waals surface area contributed by atoms with Crippen molar-refractivity contribution in [3.05, 3.63) is 35.9 Å². The predicted octanol–water partition coefficient (Wildman–Crippen LogP) is 1.23. The largest absolute Gasteiger partial charge is 0.464 e. The zero-order valence-corrected chi connectivity index (χ0v) is 11.8. The van der Waals surface area contributed by atoms with Gasteiger partial charge in [0, 0.05) is 0 Å². The van der Waals surface area contributed by atoms with Gasteiger partial charge in [0.05, 0.1) is 19.8 Å². The molecule has 116 valence electrons. The quantitative estimate of drug-likeness (QED) is 0.577. The van der Waals surface area contributed by atoms with E-state index >= 15 is 0 Å². The van der Waals surface area contributed by atoms with Crippen LogP contribution in [0.3, 0.4) is 0 Å². The number of hydrogen-bond acceptors (Lipinski definition) is 5. The minimum absolute atomic E-state index is 0.0705. The molecule has 0 spiro atoms. The van der Waals surface area contributed by atoms with Crippen LogP contribution in [-0.4, -0.2) is 48.8 Å². The Morgan fingerprint density at radius 3 is 2.81 bits per heavy atom. The number of carbonyl (C=O) groups is 1. The maximum atomic E-state index is 13.6. The average Bonchev–Trinajstić information content (AvgIpc) is 3.26. The number of epoxide rings is 1. The van der Waals surface area contributed by atoms with Crippen molar-refractivity contribution in [2.45, 2.75) is 38.0 Å². The normalized spacial score (nSPS) is 23.4. The Morgan fingerprint density at radius 2 is 2.14 bits per heavy atom. The highest BCUT2D eigenvalue weighted by molar-refractivity contribution is 5.75. The first-order valence-corrected chi connectivity index (χ1v) is 6.89. The van der Waals surface area contributed by atoms with Gasteiger partial charge in [-0.25, -0.2) is 9.18 Å². The van der Waals surface area contributed by atoms with Crippen LogP contribution in [0, 0.1) is 0 Å². The lowest BCUT2D eigenvalue weighted by Gasteiger charge is -2.12. The van der Waals surface area contributed by atoms with E-state index in [1.807, 2.05) is 30.3 Å². The second-order valence-corrected chi connectivity index (χ2v) is 4.78. The second-order valence-electron chi connectivity index (χ2n) is 4.78. The number of benzene rings is 1. The minimum atomic E-state index is -2.09. The molecule has 1 saturated heterocycles. The topological polar surface area (TPSA) is 68.3 Å². The Hall–Kier alpha value is -1.50. The number of aliphatic hydroxyl groups is 1. The van der Waals surface area contributed by atoms with Crippen LogP contribution in [0.5, 0.6) is 0 Å². The van der Waals surface area contributed by atoms with Crippen LogP contribution in [0.4, 0.5) is 4.39 Å². The number of halogens is 1. The first-order chi connectivity index (χ1) is 10.1. The van der Waals surface area contributed by atoms with E-state index in [9.17, 15) is 14.3 Å². The molecule has 1 fully saturated rings. The standard InChI is InChI=1S/C15H19FO5/c1-2-20-15(18)12(16)13(17)14-11(21-14)9-19-8-10-6-4-3-5-7-10/h3-7,11-14,17H,2,8-9H2,1H3/t11-,12+,13-,14-/m1/s1. The molecule has 21 heavy (non-hydrogen) atoms. The number of alkyl halides is 1. The minimum Gasteiger partial charge on any atom is -0.464 e. The number of rotatable bonds is 8. The fourth-order valence-corrected chi connectivity index (χ4v) is 1.99. The highest BCUT2D eigenvalue weighted by Crippen LogP contribution is 2.29. The van der Waals surface area contributed by atoms with E-state index in [-0.39, 0.29) is 13.2 Å². The molecule has 1 aliphatic heterocycles. The van der Waals surface area contributed by atoms with Crippen LogP contribution >= 0.6 is 0 Å². The summed E-state index contributed by atoms with van der Waals surface area (Å²) in [5.74, 6) is -1.07. The molecule has 1 aromatic carbocycles.